The predicted molar refractivity (Wildman–Crippen MR) is 108 cm³/mol. The number of nitrogens with zero attached hydrogens (tertiary/aromatic N) is 1. The van der Waals surface area contributed by atoms with E-state index in [2.05, 4.69) is 61.0 Å². The van der Waals surface area contributed by atoms with E-state index in [0.29, 0.717) is 13.0 Å². The zero-order valence-corrected chi connectivity index (χ0v) is 21.4. The Hall–Kier alpha value is 0.0700. The molecule has 0 aliphatic rings. The molecule has 0 bridgehead atoms. The molecule has 0 rings (SSSR count). The molecule has 0 radical (unpaired) electrons. The molecular weight excluding hydrogens is 479 g/mol. The quantitative estimate of drug-likeness (QED) is 0.132. The molecule has 1 unspecified atom stereocenters. The van der Waals surface area contributed by atoms with Crippen molar-refractivity contribution >= 4 is 16.0 Å². The van der Waals surface area contributed by atoms with Crippen molar-refractivity contribution in [1.29, 1.82) is 0 Å². The third kappa shape index (κ3) is 14.7. The van der Waals surface area contributed by atoms with Crippen LogP contribution in [0.2, 0.25) is 0 Å². The van der Waals surface area contributed by atoms with Crippen molar-refractivity contribution in [3.05, 3.63) is 0 Å². The molecular formula is C19H41IN2O4S. The summed E-state index contributed by atoms with van der Waals surface area (Å²) in [4.78, 5) is 12.7. The van der Waals surface area contributed by atoms with Gasteiger partial charge in [0.2, 0.25) is 0 Å². The van der Waals surface area contributed by atoms with Crippen molar-refractivity contribution in [2.24, 2.45) is 16.7 Å². The molecule has 0 saturated carbocycles. The first kappa shape index (κ1) is 27.1. The Labute approximate surface area is 177 Å². The minimum atomic E-state index is -3.84. The Morgan fingerprint density at radius 3 is 2.11 bits per heavy atom. The Kier molecular flexibility index (Phi) is 10.8. The van der Waals surface area contributed by atoms with Crippen molar-refractivity contribution in [1.82, 2.24) is 5.32 Å². The van der Waals surface area contributed by atoms with Crippen molar-refractivity contribution in [3.8, 4) is 0 Å². The Morgan fingerprint density at radius 1 is 1.11 bits per heavy atom. The summed E-state index contributed by atoms with van der Waals surface area (Å²) in [5, 5.41) is 3.12. The van der Waals surface area contributed by atoms with E-state index in [0.717, 1.165) is 26.5 Å². The number of carbonyl (C=O) groups excluding carboxylic acids is 1. The summed E-state index contributed by atoms with van der Waals surface area (Å²) < 4.78 is 32.1. The maximum absolute atomic E-state index is 12.7. The van der Waals surface area contributed by atoms with Crippen LogP contribution in [0, 0.1) is 16.7 Å². The molecule has 0 aromatic carbocycles. The number of amides is 1. The Bertz CT molecular complexity index is 563. The fourth-order valence-electron chi connectivity index (χ4n) is 2.78. The molecule has 0 spiro atoms. The number of halogens is 1. The normalized spacial score (nSPS) is 15.0. The van der Waals surface area contributed by atoms with Gasteiger partial charge in [-0.1, -0.05) is 0 Å². The fourth-order valence-corrected chi connectivity index (χ4v) is 6.52. The second-order valence-electron chi connectivity index (χ2n) is 10.0. The first-order valence-corrected chi connectivity index (χ1v) is 13.7. The van der Waals surface area contributed by atoms with Crippen molar-refractivity contribution in [2.45, 2.75) is 60.8 Å². The minimum absolute atomic E-state index is 0.00662. The van der Waals surface area contributed by atoms with Crippen LogP contribution in [0.3, 0.4) is 0 Å². The van der Waals surface area contributed by atoms with E-state index in [1.807, 2.05) is 0 Å². The van der Waals surface area contributed by atoms with Gasteiger partial charge in [0, 0.05) is 0 Å². The van der Waals surface area contributed by atoms with Gasteiger partial charge in [-0.2, -0.15) is 0 Å². The number of quaternary nitrogens is 1. The topological polar surface area (TPSA) is 83.5 Å². The van der Waals surface area contributed by atoms with Crippen LogP contribution in [0.1, 0.15) is 60.8 Å². The summed E-state index contributed by atoms with van der Waals surface area (Å²) in [5.41, 5.74) is 0.0475. The van der Waals surface area contributed by atoms with E-state index in [1.54, 1.807) is 0 Å². The predicted octanol–water partition coefficient (Wildman–Crippen LogP) is -0.0505. The number of alkyl halides is 1. The van der Waals surface area contributed by atoms with Gasteiger partial charge in [-0.05, 0) is 0 Å². The molecule has 164 valence electrons. The molecule has 8 heteroatoms. The van der Waals surface area contributed by atoms with Gasteiger partial charge in [0.15, 0.2) is 0 Å². The number of rotatable bonds is 11. The fraction of sp³-hybridized carbons (Fsp3) is 0.947. The first-order chi connectivity index (χ1) is 11.9. The van der Waals surface area contributed by atoms with E-state index >= 15 is 0 Å². The average Bonchev–Trinajstić information content (AvgIpc) is 2.42. The molecule has 6 nitrogen and oxygen atoms in total. The van der Waals surface area contributed by atoms with Crippen LogP contribution < -0.4 is 26.8 Å². The SMILES string of the molecule is CC(C)(C)CC(C(=O)NCCC[N+](C)(C)[I-]CCCS(=O)(=O)O)C(C)(C)C. The number of carbonyl (C=O) groups is 1. The summed E-state index contributed by atoms with van der Waals surface area (Å²) in [6.07, 6.45) is 2.29. The van der Waals surface area contributed by atoms with Crippen molar-refractivity contribution in [2.75, 3.05) is 37.4 Å². The van der Waals surface area contributed by atoms with E-state index in [-0.39, 0.29) is 49.9 Å². The van der Waals surface area contributed by atoms with Crippen LogP contribution in [-0.4, -0.2) is 58.9 Å². The first-order valence-electron chi connectivity index (χ1n) is 9.60. The zero-order valence-electron chi connectivity index (χ0n) is 18.4. The van der Waals surface area contributed by atoms with Gasteiger partial charge in [0.1, 0.15) is 0 Å². The number of hydrogen-bond acceptors (Lipinski definition) is 3. The van der Waals surface area contributed by atoms with Crippen LogP contribution in [0.4, 0.5) is 0 Å². The molecule has 0 fully saturated rings. The van der Waals surface area contributed by atoms with Crippen molar-refractivity contribution in [3.63, 3.8) is 0 Å². The number of hydrogen-bond donors (Lipinski definition) is 2. The zero-order chi connectivity index (χ0) is 21.5. The van der Waals surface area contributed by atoms with Crippen LogP contribution >= 0.6 is 0 Å². The summed E-state index contributed by atoms with van der Waals surface area (Å²) in [5.74, 6) is -0.0106. The van der Waals surface area contributed by atoms with Crippen LogP contribution in [-0.2, 0) is 14.9 Å². The van der Waals surface area contributed by atoms with E-state index in [4.69, 9.17) is 4.55 Å². The monoisotopic (exact) mass is 520 g/mol. The van der Waals surface area contributed by atoms with Gasteiger partial charge in [-0.3, -0.25) is 0 Å². The molecule has 0 heterocycles. The van der Waals surface area contributed by atoms with E-state index < -0.39 is 10.1 Å². The third-order valence-electron chi connectivity index (χ3n) is 4.29. The van der Waals surface area contributed by atoms with Gasteiger partial charge >= 0.3 is 178 Å². The maximum atomic E-state index is 12.7. The number of nitrogens with one attached hydrogen (secondary N) is 1. The van der Waals surface area contributed by atoms with Crippen LogP contribution in [0.15, 0.2) is 0 Å². The van der Waals surface area contributed by atoms with Crippen molar-refractivity contribution < 1.29 is 41.9 Å². The molecule has 1 atom stereocenters. The van der Waals surface area contributed by atoms with Gasteiger partial charge in [-0.15, -0.1) is 0 Å². The second-order valence-corrected chi connectivity index (χ2v) is 16.0. The summed E-state index contributed by atoms with van der Waals surface area (Å²) in [7, 11) is 0.463. The molecule has 2 N–H and O–H groups in total. The summed E-state index contributed by atoms with van der Waals surface area (Å²) in [6.45, 7) is 14.5. The molecule has 0 aliphatic heterocycles. The molecule has 0 aliphatic carbocycles. The van der Waals surface area contributed by atoms with Gasteiger partial charge in [0.05, 0.1) is 0 Å². The van der Waals surface area contributed by atoms with E-state index in [1.165, 1.54) is 0 Å². The second kappa shape index (κ2) is 10.7. The molecule has 27 heavy (non-hydrogen) atoms. The van der Waals surface area contributed by atoms with Gasteiger partial charge < -0.3 is 0 Å². The standard InChI is InChI=1S/C19H41IN2O4S/c1-18(2,3)15-16(19(4,5)6)17(23)21-12-10-13-22(7,8)20-11-9-14-27(24,25)26/h16H,9-15H2,1-8H3,(H,21,23)(H,24,25,26). The summed E-state index contributed by atoms with van der Waals surface area (Å²) in [6, 6.07) is 0. The Morgan fingerprint density at radius 2 is 1.67 bits per heavy atom. The third-order valence-corrected chi connectivity index (χ3v) is 8.67. The molecule has 0 saturated heterocycles. The van der Waals surface area contributed by atoms with Gasteiger partial charge in [0.25, 0.3) is 0 Å². The molecule has 1 amide bonds. The van der Waals surface area contributed by atoms with Gasteiger partial charge in [-0.25, -0.2) is 0 Å². The Balaban J connectivity index is 4.34. The van der Waals surface area contributed by atoms with E-state index in [9.17, 15) is 13.2 Å². The summed E-state index contributed by atoms with van der Waals surface area (Å²) >= 11 is -0.211. The molecule has 0 aromatic heterocycles. The molecule has 0 aromatic rings. The van der Waals surface area contributed by atoms with Crippen LogP contribution in [0.25, 0.3) is 0 Å². The van der Waals surface area contributed by atoms with Crippen LogP contribution in [0.5, 0.6) is 0 Å². The average molecular weight is 521 g/mol.